The second-order valence-electron chi connectivity index (χ2n) is 12.8. The predicted octanol–water partition coefficient (Wildman–Crippen LogP) is 4.00. The van der Waals surface area contributed by atoms with Crippen LogP contribution in [0, 0.1) is 10.8 Å². The normalized spacial score (nSPS) is 14.7. The monoisotopic (exact) mass is 624 g/mol. The summed E-state index contributed by atoms with van der Waals surface area (Å²) < 4.78 is 36.8. The van der Waals surface area contributed by atoms with E-state index in [0.717, 1.165) is 38.6 Å². The fraction of sp³-hybridized carbons (Fsp3) is 0.897. The van der Waals surface area contributed by atoms with Gasteiger partial charge in [0.25, 0.3) is 10.1 Å². The van der Waals surface area contributed by atoms with E-state index in [1.54, 1.807) is 0 Å². The Balaban J connectivity index is 4.50. The molecule has 0 radical (unpaired) electrons. The molecular formula is C29H58N3O7S2+. The number of ether oxygens (including phenoxy) is 1. The van der Waals surface area contributed by atoms with Gasteiger partial charge in [0.05, 0.1) is 44.9 Å². The molecule has 0 fully saturated rings. The van der Waals surface area contributed by atoms with E-state index in [4.69, 9.17) is 9.29 Å². The lowest BCUT2D eigenvalue weighted by molar-refractivity contribution is -0.890. The first-order chi connectivity index (χ1) is 18.9. The smallest absolute Gasteiger partial charge is 0.311 e. The van der Waals surface area contributed by atoms with Crippen LogP contribution >= 0.6 is 12.6 Å². The number of unbranched alkanes of at least 4 members (excludes halogenated alkanes) is 1. The average Bonchev–Trinajstić information content (AvgIpc) is 2.85. The molecule has 12 heteroatoms. The Hall–Kier alpha value is -1.37. The molecule has 0 aliphatic heterocycles. The fourth-order valence-electron chi connectivity index (χ4n) is 4.87. The largest absolute Gasteiger partial charge is 0.463 e. The number of thiol groups is 1. The van der Waals surface area contributed by atoms with Crippen LogP contribution in [-0.2, 0) is 29.2 Å². The van der Waals surface area contributed by atoms with Crippen molar-refractivity contribution in [2.24, 2.45) is 10.8 Å². The minimum absolute atomic E-state index is 0.0522. The zero-order valence-electron chi connectivity index (χ0n) is 26.6. The van der Waals surface area contributed by atoms with Crippen molar-refractivity contribution >= 4 is 40.5 Å². The number of quaternary nitrogens is 1. The number of hydrogen-bond donors (Lipinski definition) is 4. The maximum absolute atomic E-state index is 13.0. The zero-order valence-corrected chi connectivity index (χ0v) is 28.3. The van der Waals surface area contributed by atoms with Gasteiger partial charge in [-0.15, -0.1) is 0 Å². The highest BCUT2D eigenvalue weighted by molar-refractivity contribution is 7.85. The molecule has 41 heavy (non-hydrogen) atoms. The number of amides is 2. The Bertz CT molecular complexity index is 910. The molecule has 0 heterocycles. The average molecular weight is 625 g/mol. The van der Waals surface area contributed by atoms with Crippen LogP contribution in [0.25, 0.3) is 0 Å². The highest BCUT2D eigenvalue weighted by Crippen LogP contribution is 2.37. The fourth-order valence-corrected chi connectivity index (χ4v) is 5.81. The summed E-state index contributed by atoms with van der Waals surface area (Å²) in [4.78, 5) is 38.0. The number of carbonyl (C=O) groups is 3. The lowest BCUT2D eigenvalue weighted by Crippen LogP contribution is -2.45. The number of nitrogens with one attached hydrogen (secondary N) is 2. The maximum Gasteiger partial charge on any atom is 0.311 e. The van der Waals surface area contributed by atoms with Crippen LogP contribution in [0.3, 0.4) is 0 Å². The summed E-state index contributed by atoms with van der Waals surface area (Å²) in [5, 5.41) is 6.17. The first kappa shape index (κ1) is 39.6. The van der Waals surface area contributed by atoms with Crippen molar-refractivity contribution in [2.45, 2.75) is 104 Å². The second kappa shape index (κ2) is 19.0. The quantitative estimate of drug-likeness (QED) is 0.0443. The summed E-state index contributed by atoms with van der Waals surface area (Å²) in [6, 6.07) is 0. The summed E-state index contributed by atoms with van der Waals surface area (Å²) in [7, 11) is -0.00159. The topological polar surface area (TPSA) is 139 Å². The van der Waals surface area contributed by atoms with E-state index < -0.39 is 20.9 Å². The Labute approximate surface area is 254 Å². The van der Waals surface area contributed by atoms with Crippen molar-refractivity contribution in [2.75, 3.05) is 52.6 Å². The van der Waals surface area contributed by atoms with Crippen LogP contribution in [0.2, 0.25) is 0 Å². The van der Waals surface area contributed by atoms with Gasteiger partial charge in [0, 0.05) is 36.5 Å². The molecule has 2 amide bonds. The molecule has 2 unspecified atom stereocenters. The van der Waals surface area contributed by atoms with Gasteiger partial charge in [-0.2, -0.15) is 21.0 Å². The molecule has 0 aromatic heterocycles. The van der Waals surface area contributed by atoms with Crippen LogP contribution in [0.4, 0.5) is 0 Å². The summed E-state index contributed by atoms with van der Waals surface area (Å²) in [5.74, 6) is -0.838. The standard InChI is InChI=1S/C29H57N3O7S2/c1-8-14-24(40)15-10-11-16-25(33)30-18-21-39-27(35)29(5,9-2)23-28(3,4)26(34)31-17-12-19-32(6,7)20-13-22-41(36,37)38/h24H,8-23H2,1-7H3,(H3-,30,31,33,34,36,37,38,40)/p+1. The summed E-state index contributed by atoms with van der Waals surface area (Å²) in [5.41, 5.74) is -1.65. The van der Waals surface area contributed by atoms with Crippen LogP contribution in [0.1, 0.15) is 98.8 Å². The molecule has 0 spiro atoms. The highest BCUT2D eigenvalue weighted by Gasteiger charge is 2.42. The third kappa shape index (κ3) is 18.7. The zero-order chi connectivity index (χ0) is 31.7. The lowest BCUT2D eigenvalue weighted by atomic mass is 9.72. The molecule has 0 saturated heterocycles. The van der Waals surface area contributed by atoms with E-state index in [-0.39, 0.29) is 36.7 Å². The SMILES string of the molecule is CCCC(S)CCCCC(=O)NCCOC(=O)C(C)(CC)CC(C)(C)C(=O)NCCC[N+](C)(C)CCCS(=O)(=O)O. The first-order valence-corrected chi connectivity index (χ1v) is 17.2. The minimum atomic E-state index is -3.96. The third-order valence-corrected chi connectivity index (χ3v) is 8.90. The second-order valence-corrected chi connectivity index (χ2v) is 15.1. The maximum atomic E-state index is 13.0. The highest BCUT2D eigenvalue weighted by atomic mass is 32.2. The molecule has 0 rings (SSSR count). The first-order valence-electron chi connectivity index (χ1n) is 15.0. The van der Waals surface area contributed by atoms with Gasteiger partial charge in [0.1, 0.15) is 6.61 Å². The van der Waals surface area contributed by atoms with Gasteiger partial charge in [-0.05, 0) is 39.0 Å². The number of carbonyl (C=O) groups excluding carboxylic acids is 3. The Morgan fingerprint density at radius 1 is 0.951 bits per heavy atom. The molecule has 0 bridgehead atoms. The molecule has 0 aromatic carbocycles. The number of hydrogen-bond acceptors (Lipinski definition) is 7. The van der Waals surface area contributed by atoms with Gasteiger partial charge in [0.15, 0.2) is 0 Å². The van der Waals surface area contributed by atoms with E-state index >= 15 is 0 Å². The molecule has 0 aliphatic rings. The van der Waals surface area contributed by atoms with E-state index in [2.05, 4.69) is 30.2 Å². The molecule has 0 aliphatic carbocycles. The molecule has 0 aromatic rings. The van der Waals surface area contributed by atoms with Gasteiger partial charge < -0.3 is 19.9 Å². The van der Waals surface area contributed by atoms with E-state index in [1.165, 1.54) is 0 Å². The van der Waals surface area contributed by atoms with Crippen molar-refractivity contribution in [3.8, 4) is 0 Å². The Morgan fingerprint density at radius 3 is 2.17 bits per heavy atom. The molecule has 10 nitrogen and oxygen atoms in total. The van der Waals surface area contributed by atoms with Gasteiger partial charge in [-0.25, -0.2) is 0 Å². The predicted molar refractivity (Wildman–Crippen MR) is 167 cm³/mol. The van der Waals surface area contributed by atoms with Crippen LogP contribution in [0.15, 0.2) is 0 Å². The molecule has 3 N–H and O–H groups in total. The van der Waals surface area contributed by atoms with Crippen molar-refractivity contribution in [3.63, 3.8) is 0 Å². The Kier molecular flexibility index (Phi) is 18.4. The summed E-state index contributed by atoms with van der Waals surface area (Å²) >= 11 is 4.54. The number of esters is 1. The van der Waals surface area contributed by atoms with Crippen molar-refractivity contribution in [1.82, 2.24) is 10.6 Å². The third-order valence-electron chi connectivity index (χ3n) is 7.58. The van der Waals surface area contributed by atoms with Gasteiger partial charge >= 0.3 is 5.97 Å². The van der Waals surface area contributed by atoms with Gasteiger partial charge in [-0.1, -0.05) is 40.5 Å². The van der Waals surface area contributed by atoms with Crippen molar-refractivity contribution < 1.29 is 36.6 Å². The number of nitrogens with zero attached hydrogens (tertiary/aromatic N) is 1. The van der Waals surface area contributed by atoms with Gasteiger partial charge in [-0.3, -0.25) is 18.9 Å². The van der Waals surface area contributed by atoms with Crippen LogP contribution in [0.5, 0.6) is 0 Å². The lowest BCUT2D eigenvalue weighted by Gasteiger charge is -2.34. The molecule has 242 valence electrons. The molecule has 0 saturated carbocycles. The van der Waals surface area contributed by atoms with Crippen LogP contribution < -0.4 is 10.6 Å². The molecule has 2 atom stereocenters. The van der Waals surface area contributed by atoms with E-state index in [0.29, 0.717) is 54.9 Å². The van der Waals surface area contributed by atoms with E-state index in [9.17, 15) is 22.8 Å². The molecular weight excluding hydrogens is 566 g/mol. The Morgan fingerprint density at radius 2 is 1.59 bits per heavy atom. The van der Waals surface area contributed by atoms with Crippen molar-refractivity contribution in [1.29, 1.82) is 0 Å². The minimum Gasteiger partial charge on any atom is -0.463 e. The summed E-state index contributed by atoms with van der Waals surface area (Å²) in [6.45, 7) is 11.6. The van der Waals surface area contributed by atoms with Crippen molar-refractivity contribution in [3.05, 3.63) is 0 Å². The van der Waals surface area contributed by atoms with Gasteiger partial charge in [0.2, 0.25) is 11.8 Å². The van der Waals surface area contributed by atoms with E-state index in [1.807, 2.05) is 41.8 Å². The van der Waals surface area contributed by atoms with Crippen LogP contribution in [-0.4, -0.2) is 93.1 Å². The number of rotatable bonds is 23. The summed E-state index contributed by atoms with van der Waals surface area (Å²) in [6.07, 6.45) is 7.31.